The fraction of sp³-hybridized carbons (Fsp3) is 0.300. The SMILES string of the molecule is CO/N=C(\C)c1cccc(C(CCO/N=C(\C)c2cccc(C)n2)=C(Cl)Cl)n1. The lowest BCUT2D eigenvalue weighted by Crippen LogP contribution is -2.04. The normalized spacial score (nSPS) is 11.9. The molecular weight excluding hydrogens is 399 g/mol. The van der Waals surface area contributed by atoms with E-state index in [0.717, 1.165) is 11.4 Å². The van der Waals surface area contributed by atoms with E-state index in [9.17, 15) is 0 Å². The monoisotopic (exact) mass is 420 g/mol. The van der Waals surface area contributed by atoms with E-state index < -0.39 is 0 Å². The molecule has 0 unspecified atom stereocenters. The highest BCUT2D eigenvalue weighted by atomic mass is 35.5. The Hall–Kier alpha value is -2.44. The average Bonchev–Trinajstić information content (AvgIpc) is 2.67. The fourth-order valence-corrected chi connectivity index (χ4v) is 2.77. The molecule has 2 rings (SSSR count). The van der Waals surface area contributed by atoms with Gasteiger partial charge in [0.2, 0.25) is 0 Å². The predicted octanol–water partition coefficient (Wildman–Crippen LogP) is 5.13. The number of halogens is 2. The van der Waals surface area contributed by atoms with Crippen molar-refractivity contribution in [1.29, 1.82) is 0 Å². The summed E-state index contributed by atoms with van der Waals surface area (Å²) in [6, 6.07) is 11.3. The molecule has 0 fully saturated rings. The molecule has 0 aliphatic rings. The van der Waals surface area contributed by atoms with E-state index in [-0.39, 0.29) is 4.49 Å². The predicted molar refractivity (Wildman–Crippen MR) is 114 cm³/mol. The molecule has 8 heteroatoms. The minimum atomic E-state index is 0.135. The molecule has 0 saturated carbocycles. The zero-order valence-electron chi connectivity index (χ0n) is 16.2. The van der Waals surface area contributed by atoms with Crippen LogP contribution in [0.15, 0.2) is 51.2 Å². The van der Waals surface area contributed by atoms with Crippen LogP contribution < -0.4 is 0 Å². The third-order valence-electron chi connectivity index (χ3n) is 3.79. The van der Waals surface area contributed by atoms with Gasteiger partial charge in [0.1, 0.15) is 29.6 Å². The van der Waals surface area contributed by atoms with Crippen molar-refractivity contribution in [2.24, 2.45) is 10.3 Å². The van der Waals surface area contributed by atoms with E-state index in [2.05, 4.69) is 20.3 Å². The Balaban J connectivity index is 2.07. The van der Waals surface area contributed by atoms with Gasteiger partial charge >= 0.3 is 0 Å². The Morgan fingerprint density at radius 3 is 2.18 bits per heavy atom. The van der Waals surface area contributed by atoms with E-state index in [4.69, 9.17) is 32.9 Å². The largest absolute Gasteiger partial charge is 0.399 e. The number of hydrogen-bond acceptors (Lipinski definition) is 6. The molecule has 0 radical (unpaired) electrons. The van der Waals surface area contributed by atoms with Crippen molar-refractivity contribution in [3.05, 3.63) is 63.7 Å². The molecule has 0 aromatic carbocycles. The van der Waals surface area contributed by atoms with Gasteiger partial charge in [-0.1, -0.05) is 45.6 Å². The fourth-order valence-electron chi connectivity index (χ4n) is 2.39. The first-order valence-electron chi connectivity index (χ1n) is 8.62. The second kappa shape index (κ2) is 10.8. The zero-order chi connectivity index (χ0) is 20.5. The highest BCUT2D eigenvalue weighted by Gasteiger charge is 2.11. The van der Waals surface area contributed by atoms with Crippen LogP contribution in [0, 0.1) is 6.92 Å². The minimum Gasteiger partial charge on any atom is -0.399 e. The van der Waals surface area contributed by atoms with Gasteiger partial charge in [-0.3, -0.25) is 4.98 Å². The van der Waals surface area contributed by atoms with Crippen LogP contribution in [0.4, 0.5) is 0 Å². The number of rotatable bonds is 8. The Bertz CT molecular complexity index is 907. The van der Waals surface area contributed by atoms with Crippen LogP contribution in [0.2, 0.25) is 0 Å². The van der Waals surface area contributed by atoms with Crippen molar-refractivity contribution < 1.29 is 9.68 Å². The molecule has 0 aliphatic heterocycles. The van der Waals surface area contributed by atoms with Gasteiger partial charge in [0.25, 0.3) is 0 Å². The maximum absolute atomic E-state index is 6.07. The van der Waals surface area contributed by atoms with Gasteiger partial charge < -0.3 is 9.68 Å². The lowest BCUT2D eigenvalue weighted by Gasteiger charge is -2.09. The molecule has 0 atom stereocenters. The first-order valence-corrected chi connectivity index (χ1v) is 9.38. The maximum Gasteiger partial charge on any atom is 0.121 e. The van der Waals surface area contributed by atoms with E-state index in [1.54, 1.807) is 6.92 Å². The van der Waals surface area contributed by atoms with Gasteiger partial charge in [0.05, 0.1) is 17.1 Å². The summed E-state index contributed by atoms with van der Waals surface area (Å²) in [5.74, 6) is 0. The molecule has 0 saturated heterocycles. The lowest BCUT2D eigenvalue weighted by atomic mass is 10.1. The summed E-state index contributed by atoms with van der Waals surface area (Å²) in [6.07, 6.45) is 0.442. The minimum absolute atomic E-state index is 0.135. The Labute approximate surface area is 174 Å². The molecule has 0 spiro atoms. The average molecular weight is 421 g/mol. The summed E-state index contributed by atoms with van der Waals surface area (Å²) in [5.41, 5.74) is 5.02. The molecule has 148 valence electrons. The molecule has 0 N–H and O–H groups in total. The summed E-state index contributed by atoms with van der Waals surface area (Å²) in [5, 5.41) is 8.01. The molecule has 2 aromatic rings. The van der Waals surface area contributed by atoms with E-state index in [1.807, 2.05) is 50.2 Å². The van der Waals surface area contributed by atoms with E-state index in [0.29, 0.717) is 41.4 Å². The van der Waals surface area contributed by atoms with Crippen LogP contribution in [-0.4, -0.2) is 35.1 Å². The van der Waals surface area contributed by atoms with Gasteiger partial charge in [-0.05, 0) is 45.0 Å². The van der Waals surface area contributed by atoms with Gasteiger partial charge in [-0.15, -0.1) is 0 Å². The van der Waals surface area contributed by atoms with Crippen LogP contribution in [0.25, 0.3) is 5.57 Å². The Kier molecular flexibility index (Phi) is 8.42. The topological polar surface area (TPSA) is 69.0 Å². The van der Waals surface area contributed by atoms with E-state index in [1.165, 1.54) is 7.11 Å². The first-order chi connectivity index (χ1) is 13.4. The molecular formula is C20H22Cl2N4O2. The van der Waals surface area contributed by atoms with Crippen LogP contribution in [0.3, 0.4) is 0 Å². The Morgan fingerprint density at radius 1 is 0.929 bits per heavy atom. The summed E-state index contributed by atoms with van der Waals surface area (Å²) in [6.45, 7) is 5.87. The second-order valence-electron chi connectivity index (χ2n) is 5.93. The number of nitrogens with zero attached hydrogens (tertiary/aromatic N) is 4. The number of pyridine rings is 2. The summed E-state index contributed by atoms with van der Waals surface area (Å²) >= 11 is 12.1. The van der Waals surface area contributed by atoms with Crippen LogP contribution in [0.5, 0.6) is 0 Å². The van der Waals surface area contributed by atoms with Gasteiger partial charge in [-0.25, -0.2) is 4.98 Å². The molecule has 0 aliphatic carbocycles. The highest BCUT2D eigenvalue weighted by Crippen LogP contribution is 2.26. The van der Waals surface area contributed by atoms with E-state index >= 15 is 0 Å². The van der Waals surface area contributed by atoms with Gasteiger partial charge in [-0.2, -0.15) is 0 Å². The van der Waals surface area contributed by atoms with Crippen molar-refractivity contribution in [3.8, 4) is 0 Å². The Morgan fingerprint density at radius 2 is 1.54 bits per heavy atom. The third kappa shape index (κ3) is 6.32. The molecule has 0 bridgehead atoms. The smallest absolute Gasteiger partial charge is 0.121 e. The quantitative estimate of drug-likeness (QED) is 0.337. The lowest BCUT2D eigenvalue weighted by molar-refractivity contribution is 0.150. The van der Waals surface area contributed by atoms with Crippen LogP contribution in [-0.2, 0) is 9.68 Å². The summed E-state index contributed by atoms with van der Waals surface area (Å²) < 4.78 is 0.135. The highest BCUT2D eigenvalue weighted by molar-refractivity contribution is 6.58. The second-order valence-corrected chi connectivity index (χ2v) is 6.88. The van der Waals surface area contributed by atoms with Crippen molar-refractivity contribution in [2.75, 3.05) is 13.7 Å². The molecule has 2 aromatic heterocycles. The number of aryl methyl sites for hydroxylation is 1. The molecule has 6 nitrogen and oxygen atoms in total. The third-order valence-corrected chi connectivity index (χ3v) is 4.25. The number of aromatic nitrogens is 2. The summed E-state index contributed by atoms with van der Waals surface area (Å²) in [7, 11) is 1.49. The van der Waals surface area contributed by atoms with Crippen molar-refractivity contribution in [3.63, 3.8) is 0 Å². The first kappa shape index (κ1) is 21.9. The van der Waals surface area contributed by atoms with Gasteiger partial charge in [0.15, 0.2) is 0 Å². The van der Waals surface area contributed by atoms with Crippen LogP contribution in [0.1, 0.15) is 43.0 Å². The number of oxime groups is 2. The summed E-state index contributed by atoms with van der Waals surface area (Å²) in [4.78, 5) is 19.2. The number of hydrogen-bond donors (Lipinski definition) is 0. The molecule has 2 heterocycles. The zero-order valence-corrected chi connectivity index (χ0v) is 17.8. The molecule has 0 amide bonds. The van der Waals surface area contributed by atoms with Crippen LogP contribution >= 0.6 is 23.2 Å². The van der Waals surface area contributed by atoms with Gasteiger partial charge in [0, 0.05) is 17.7 Å². The van der Waals surface area contributed by atoms with Crippen molar-refractivity contribution >= 4 is 40.2 Å². The standard InChI is InChI=1S/C20H22Cl2N4O2/c1-13-7-5-8-17(23-13)15(3)26-28-12-11-16(20(21)22)19-10-6-9-18(24-19)14(2)25-27-4/h5-10H,11-12H2,1-4H3/b25-14+,26-15+. The van der Waals surface area contributed by atoms with Crippen molar-refractivity contribution in [2.45, 2.75) is 27.2 Å². The molecule has 28 heavy (non-hydrogen) atoms. The maximum atomic E-state index is 6.07. The van der Waals surface area contributed by atoms with Crippen molar-refractivity contribution in [1.82, 2.24) is 9.97 Å².